The first kappa shape index (κ1) is 24.7. The minimum atomic E-state index is -1.04. The lowest BCUT2D eigenvalue weighted by molar-refractivity contribution is -0.431. The molecule has 5 fully saturated rings. The molecule has 1 saturated heterocycles. The van der Waals surface area contributed by atoms with Gasteiger partial charge in [0.25, 0.3) is 0 Å². The first-order chi connectivity index (χ1) is 17.4. The smallest absolute Gasteiger partial charge is 0.139 e. The van der Waals surface area contributed by atoms with Crippen LogP contribution in [0, 0.1) is 28.1 Å². The fourth-order valence-electron chi connectivity index (χ4n) is 10.9. The van der Waals surface area contributed by atoms with Gasteiger partial charge < -0.3 is 10.2 Å². The summed E-state index contributed by atoms with van der Waals surface area (Å²) in [5, 5.41) is 26.1. The van der Waals surface area contributed by atoms with Crippen LogP contribution in [0.4, 0.5) is 0 Å². The molecule has 1 aromatic rings. The largest absolute Gasteiger partial charge is 0.389 e. The third-order valence-corrected chi connectivity index (χ3v) is 12.5. The molecule has 5 aliphatic carbocycles. The van der Waals surface area contributed by atoms with Gasteiger partial charge >= 0.3 is 0 Å². The average Bonchev–Trinajstić information content (AvgIpc) is 3.12. The molecule has 7 rings (SSSR count). The zero-order valence-corrected chi connectivity index (χ0v) is 23.1. The molecule has 202 valence electrons. The third-order valence-electron chi connectivity index (χ3n) is 12.5. The minimum absolute atomic E-state index is 0.0121. The molecule has 1 aliphatic heterocycles. The number of aryl methyl sites for hydroxylation is 1. The molecule has 0 amide bonds. The molecule has 4 saturated carbocycles. The molecular formula is C32H44O5. The van der Waals surface area contributed by atoms with Crippen molar-refractivity contribution in [3.8, 4) is 0 Å². The Morgan fingerprint density at radius 2 is 1.84 bits per heavy atom. The Hall–Kier alpha value is -1.27. The highest BCUT2D eigenvalue weighted by atomic mass is 17.2. The van der Waals surface area contributed by atoms with Crippen molar-refractivity contribution in [2.24, 2.45) is 28.1 Å². The van der Waals surface area contributed by atoms with Crippen molar-refractivity contribution in [2.75, 3.05) is 6.61 Å². The van der Waals surface area contributed by atoms with E-state index in [1.807, 2.05) is 0 Å². The maximum atomic E-state index is 13.3. The molecule has 8 atom stereocenters. The van der Waals surface area contributed by atoms with E-state index in [1.54, 1.807) is 0 Å². The maximum Gasteiger partial charge on any atom is 0.139 e. The Bertz CT molecular complexity index is 1160. The van der Waals surface area contributed by atoms with Gasteiger partial charge in [-0.1, -0.05) is 45.9 Å². The minimum Gasteiger partial charge on any atom is -0.389 e. The second kappa shape index (κ2) is 7.47. The van der Waals surface area contributed by atoms with E-state index in [0.717, 1.165) is 38.5 Å². The van der Waals surface area contributed by atoms with Gasteiger partial charge in [-0.15, -0.1) is 0 Å². The number of rotatable bonds is 1. The summed E-state index contributed by atoms with van der Waals surface area (Å²) in [5.74, 6) is 0.486. The van der Waals surface area contributed by atoms with Gasteiger partial charge in [-0.05, 0) is 91.7 Å². The predicted octanol–water partition coefficient (Wildman–Crippen LogP) is 5.44. The molecule has 2 N–H and O–H groups in total. The molecule has 0 bridgehead atoms. The number of carbonyl (C=O) groups excluding carboxylic acids is 1. The van der Waals surface area contributed by atoms with Crippen LogP contribution in [0.3, 0.4) is 0 Å². The lowest BCUT2D eigenvalue weighted by Gasteiger charge is -2.73. The van der Waals surface area contributed by atoms with Gasteiger partial charge in [-0.2, -0.15) is 0 Å². The number of carbonyl (C=O) groups is 1. The Kier molecular flexibility index (Phi) is 5.00. The highest BCUT2D eigenvalue weighted by Gasteiger charge is 2.78. The van der Waals surface area contributed by atoms with Crippen molar-refractivity contribution >= 4 is 5.78 Å². The number of hydrogen-bond donors (Lipinski definition) is 2. The molecule has 5 nitrogen and oxygen atoms in total. The maximum absolute atomic E-state index is 13.3. The van der Waals surface area contributed by atoms with Crippen LogP contribution >= 0.6 is 0 Å². The van der Waals surface area contributed by atoms with Crippen LogP contribution in [0.15, 0.2) is 18.2 Å². The molecule has 5 heteroatoms. The predicted molar refractivity (Wildman–Crippen MR) is 140 cm³/mol. The second-order valence-corrected chi connectivity index (χ2v) is 14.9. The summed E-state index contributed by atoms with van der Waals surface area (Å²) < 4.78 is 0. The van der Waals surface area contributed by atoms with Gasteiger partial charge in [-0.25, -0.2) is 9.78 Å². The average molecular weight is 509 g/mol. The summed E-state index contributed by atoms with van der Waals surface area (Å²) in [7, 11) is 0. The van der Waals surface area contributed by atoms with E-state index < -0.39 is 22.2 Å². The lowest BCUT2D eigenvalue weighted by Crippen LogP contribution is -2.78. The van der Waals surface area contributed by atoms with Gasteiger partial charge in [0.2, 0.25) is 0 Å². The van der Waals surface area contributed by atoms with E-state index in [-0.39, 0.29) is 28.6 Å². The standard InChI is InChI=1S/C32H44O5/c1-5-20-6-7-22-21(14-20)15-30-13-12-29(17-27(2,3)19-36-37-29)18-31(30,34)11-10-24-23-8-9-26(33)28(23,4)16-25(22)32(24,30)35/h6-7,14,23-25,34-35H,5,8-13,15-19H2,1-4H3/t23-,24-,25+,28-,29?,30+,31+,32-/m0/s1. The van der Waals surface area contributed by atoms with E-state index in [2.05, 4.69) is 45.9 Å². The molecule has 6 aliphatic rings. The third kappa shape index (κ3) is 2.98. The normalized spacial score (nSPS) is 49.7. The first-order valence-electron chi connectivity index (χ1n) is 14.8. The number of ketones is 1. The number of aliphatic hydroxyl groups is 2. The zero-order valence-electron chi connectivity index (χ0n) is 23.1. The van der Waals surface area contributed by atoms with Gasteiger partial charge in [0.05, 0.1) is 17.8 Å². The quantitative estimate of drug-likeness (QED) is 0.494. The van der Waals surface area contributed by atoms with Crippen LogP contribution in [0.2, 0.25) is 0 Å². The number of hydrogen-bond acceptors (Lipinski definition) is 5. The fourth-order valence-corrected chi connectivity index (χ4v) is 10.9. The molecule has 1 aromatic carbocycles. The van der Waals surface area contributed by atoms with Crippen molar-refractivity contribution in [1.29, 1.82) is 0 Å². The highest BCUT2D eigenvalue weighted by molar-refractivity contribution is 5.87. The van der Waals surface area contributed by atoms with Gasteiger partial charge in [-0.3, -0.25) is 4.79 Å². The van der Waals surface area contributed by atoms with E-state index >= 15 is 0 Å². The Morgan fingerprint density at radius 3 is 2.59 bits per heavy atom. The summed E-state index contributed by atoms with van der Waals surface area (Å²) in [6.45, 7) is 9.36. The van der Waals surface area contributed by atoms with Crippen molar-refractivity contribution < 1.29 is 24.8 Å². The summed E-state index contributed by atoms with van der Waals surface area (Å²) in [6.07, 6.45) is 8.15. The SMILES string of the molecule is CCc1ccc2c(c1)C[C@]13CCC4(CC(C)(C)COO4)C[C@]1(O)CC[C@H]1[C@@H]4CCC(=O)[C@@]4(C)C[C@H]2[C@@]13O. The van der Waals surface area contributed by atoms with Crippen LogP contribution in [0.5, 0.6) is 0 Å². The van der Waals surface area contributed by atoms with Gasteiger partial charge in [0.1, 0.15) is 11.4 Å². The number of fused-ring (bicyclic) bond motifs is 4. The Balaban J connectivity index is 1.40. The summed E-state index contributed by atoms with van der Waals surface area (Å²) >= 11 is 0. The van der Waals surface area contributed by atoms with Gasteiger partial charge in [0, 0.05) is 29.6 Å². The van der Waals surface area contributed by atoms with Crippen LogP contribution in [0.25, 0.3) is 0 Å². The molecule has 0 radical (unpaired) electrons. The molecule has 1 unspecified atom stereocenters. The molecule has 0 aromatic heterocycles. The summed E-state index contributed by atoms with van der Waals surface area (Å²) in [6, 6.07) is 6.77. The van der Waals surface area contributed by atoms with Crippen molar-refractivity contribution in [1.82, 2.24) is 0 Å². The van der Waals surface area contributed by atoms with E-state index in [9.17, 15) is 15.0 Å². The van der Waals surface area contributed by atoms with Crippen LogP contribution < -0.4 is 0 Å². The lowest BCUT2D eigenvalue weighted by atomic mass is 9.34. The number of benzene rings is 1. The zero-order chi connectivity index (χ0) is 26.1. The molecule has 1 heterocycles. The second-order valence-electron chi connectivity index (χ2n) is 14.9. The Labute approximate surface area is 221 Å². The van der Waals surface area contributed by atoms with Gasteiger partial charge in [0.15, 0.2) is 0 Å². The van der Waals surface area contributed by atoms with Crippen molar-refractivity contribution in [3.63, 3.8) is 0 Å². The van der Waals surface area contributed by atoms with Crippen LogP contribution in [-0.2, 0) is 27.4 Å². The van der Waals surface area contributed by atoms with E-state index in [1.165, 1.54) is 16.7 Å². The number of Topliss-reactive ketones (excluding diaryl/α,β-unsaturated/α-hetero) is 1. The summed E-state index contributed by atoms with van der Waals surface area (Å²) in [4.78, 5) is 25.1. The highest BCUT2D eigenvalue weighted by Crippen LogP contribution is 2.75. The van der Waals surface area contributed by atoms with Crippen LogP contribution in [0.1, 0.15) is 108 Å². The van der Waals surface area contributed by atoms with Crippen molar-refractivity contribution in [3.05, 3.63) is 34.9 Å². The molecular weight excluding hydrogens is 464 g/mol. The summed E-state index contributed by atoms with van der Waals surface area (Å²) in [5.41, 5.74) is 0.179. The van der Waals surface area contributed by atoms with Crippen molar-refractivity contribution in [2.45, 2.75) is 121 Å². The first-order valence-corrected chi connectivity index (χ1v) is 14.8. The van der Waals surface area contributed by atoms with E-state index in [4.69, 9.17) is 9.78 Å². The molecule has 2 spiro atoms. The monoisotopic (exact) mass is 508 g/mol. The van der Waals surface area contributed by atoms with Crippen LogP contribution in [-0.4, -0.2) is 39.4 Å². The Morgan fingerprint density at radius 1 is 1.03 bits per heavy atom. The topological polar surface area (TPSA) is 76.0 Å². The fraction of sp³-hybridized carbons (Fsp3) is 0.781. The van der Waals surface area contributed by atoms with E-state index in [0.29, 0.717) is 44.5 Å². The molecule has 37 heavy (non-hydrogen) atoms.